The molecule has 20 heavy (non-hydrogen) atoms. The van der Waals surface area contributed by atoms with Gasteiger partial charge in [0.15, 0.2) is 5.84 Å². The Morgan fingerprint density at radius 3 is 3.10 bits per heavy atom. The molecule has 1 aromatic carbocycles. The molecule has 0 bridgehead atoms. The molecule has 5 nitrogen and oxygen atoms in total. The third-order valence-corrected chi connectivity index (χ3v) is 4.09. The molecule has 1 heterocycles. The normalized spacial score (nSPS) is 19.2. The summed E-state index contributed by atoms with van der Waals surface area (Å²) in [6, 6.07) is 5.72. The SMILES string of the molecule is CCSc1cccc(OCC2CCOC2)c1/C(N)=N/O. The van der Waals surface area contributed by atoms with Crippen LogP contribution in [0.1, 0.15) is 18.9 Å². The van der Waals surface area contributed by atoms with E-state index in [2.05, 4.69) is 12.1 Å². The first kappa shape index (κ1) is 15.0. The molecule has 0 saturated carbocycles. The molecule has 1 fully saturated rings. The zero-order valence-electron chi connectivity index (χ0n) is 11.5. The van der Waals surface area contributed by atoms with Crippen molar-refractivity contribution in [3.8, 4) is 5.75 Å². The summed E-state index contributed by atoms with van der Waals surface area (Å²) in [7, 11) is 0. The maximum absolute atomic E-state index is 8.96. The van der Waals surface area contributed by atoms with Crippen molar-refractivity contribution in [3.05, 3.63) is 23.8 Å². The number of nitrogens with two attached hydrogens (primary N) is 1. The molecular formula is C14H20N2O3S. The Balaban J connectivity index is 2.19. The molecule has 1 aromatic rings. The summed E-state index contributed by atoms with van der Waals surface area (Å²) in [5.41, 5.74) is 6.46. The molecule has 1 aliphatic heterocycles. The van der Waals surface area contributed by atoms with Crippen LogP contribution in [-0.4, -0.2) is 36.6 Å². The van der Waals surface area contributed by atoms with Crippen LogP contribution in [0.25, 0.3) is 0 Å². The maximum Gasteiger partial charge on any atom is 0.174 e. The van der Waals surface area contributed by atoms with E-state index in [4.69, 9.17) is 20.4 Å². The highest BCUT2D eigenvalue weighted by molar-refractivity contribution is 7.99. The third-order valence-electron chi connectivity index (χ3n) is 3.15. The Kier molecular flexibility index (Phi) is 5.55. The van der Waals surface area contributed by atoms with E-state index in [9.17, 15) is 0 Å². The van der Waals surface area contributed by atoms with E-state index in [0.717, 1.165) is 30.3 Å². The van der Waals surface area contributed by atoms with Gasteiger partial charge in [0, 0.05) is 17.4 Å². The molecular weight excluding hydrogens is 276 g/mol. The molecule has 0 radical (unpaired) electrons. The van der Waals surface area contributed by atoms with Crippen LogP contribution in [0.4, 0.5) is 0 Å². The second-order valence-corrected chi connectivity index (χ2v) is 5.89. The molecule has 0 aromatic heterocycles. The van der Waals surface area contributed by atoms with Gasteiger partial charge in [0.05, 0.1) is 18.8 Å². The lowest BCUT2D eigenvalue weighted by Gasteiger charge is -2.16. The van der Waals surface area contributed by atoms with Crippen molar-refractivity contribution in [2.45, 2.75) is 18.2 Å². The van der Waals surface area contributed by atoms with Crippen LogP contribution in [0, 0.1) is 5.92 Å². The van der Waals surface area contributed by atoms with Crippen molar-refractivity contribution < 1.29 is 14.7 Å². The molecule has 1 aliphatic rings. The van der Waals surface area contributed by atoms with Crippen molar-refractivity contribution in [3.63, 3.8) is 0 Å². The van der Waals surface area contributed by atoms with Crippen molar-refractivity contribution in [1.29, 1.82) is 0 Å². The molecule has 1 unspecified atom stereocenters. The summed E-state index contributed by atoms with van der Waals surface area (Å²) >= 11 is 1.64. The van der Waals surface area contributed by atoms with Crippen LogP contribution in [0.15, 0.2) is 28.3 Å². The molecule has 3 N–H and O–H groups in total. The molecule has 0 amide bonds. The predicted molar refractivity (Wildman–Crippen MR) is 79.8 cm³/mol. The van der Waals surface area contributed by atoms with Gasteiger partial charge in [0.1, 0.15) is 5.75 Å². The lowest BCUT2D eigenvalue weighted by Crippen LogP contribution is -2.18. The second-order valence-electron chi connectivity index (χ2n) is 4.59. The van der Waals surface area contributed by atoms with Gasteiger partial charge < -0.3 is 20.4 Å². The summed E-state index contributed by atoms with van der Waals surface area (Å²) in [5, 5.41) is 12.1. The van der Waals surface area contributed by atoms with Crippen LogP contribution in [0.5, 0.6) is 5.75 Å². The molecule has 6 heteroatoms. The van der Waals surface area contributed by atoms with Crippen LogP contribution in [0.3, 0.4) is 0 Å². The minimum absolute atomic E-state index is 0.0826. The van der Waals surface area contributed by atoms with Gasteiger partial charge in [-0.2, -0.15) is 0 Å². The zero-order chi connectivity index (χ0) is 14.4. The van der Waals surface area contributed by atoms with E-state index >= 15 is 0 Å². The highest BCUT2D eigenvalue weighted by Crippen LogP contribution is 2.30. The Morgan fingerprint density at radius 2 is 2.45 bits per heavy atom. The van der Waals surface area contributed by atoms with Crippen molar-refractivity contribution in [2.24, 2.45) is 16.8 Å². The number of rotatable bonds is 6. The first-order valence-corrected chi connectivity index (χ1v) is 7.69. The summed E-state index contributed by atoms with van der Waals surface area (Å²) < 4.78 is 11.2. The fraction of sp³-hybridized carbons (Fsp3) is 0.500. The lowest BCUT2D eigenvalue weighted by atomic mass is 10.1. The van der Waals surface area contributed by atoms with E-state index in [1.165, 1.54) is 0 Å². The monoisotopic (exact) mass is 296 g/mol. The van der Waals surface area contributed by atoms with Gasteiger partial charge in [-0.15, -0.1) is 11.8 Å². The van der Waals surface area contributed by atoms with E-state index in [1.807, 2.05) is 18.2 Å². The number of hydrogen-bond acceptors (Lipinski definition) is 5. The average Bonchev–Trinajstić information content (AvgIpc) is 2.98. The summed E-state index contributed by atoms with van der Waals surface area (Å²) in [4.78, 5) is 0.961. The Hall–Kier alpha value is -1.40. The standard InChI is InChI=1S/C14H20N2O3S/c1-2-20-12-5-3-4-11(13(12)14(15)16-17)19-9-10-6-7-18-8-10/h3-5,10,17H,2,6-9H2,1H3,(H2,15,16). The van der Waals surface area contributed by atoms with Crippen LogP contribution >= 0.6 is 11.8 Å². The number of thioether (sulfide) groups is 1. The molecule has 1 atom stereocenters. The lowest BCUT2D eigenvalue weighted by molar-refractivity contribution is 0.167. The third kappa shape index (κ3) is 3.58. The highest BCUT2D eigenvalue weighted by atomic mass is 32.2. The Bertz CT molecular complexity index is 473. The van der Waals surface area contributed by atoms with Gasteiger partial charge in [0.25, 0.3) is 0 Å². The van der Waals surface area contributed by atoms with Crippen molar-refractivity contribution in [1.82, 2.24) is 0 Å². The number of oxime groups is 1. The minimum Gasteiger partial charge on any atom is -0.492 e. The summed E-state index contributed by atoms with van der Waals surface area (Å²) in [5.74, 6) is 2.06. The molecule has 1 saturated heterocycles. The highest BCUT2D eigenvalue weighted by Gasteiger charge is 2.19. The van der Waals surface area contributed by atoms with Crippen molar-refractivity contribution in [2.75, 3.05) is 25.6 Å². The molecule has 2 rings (SSSR count). The van der Waals surface area contributed by atoms with Crippen molar-refractivity contribution >= 4 is 17.6 Å². The number of ether oxygens (including phenoxy) is 2. The van der Waals surface area contributed by atoms with E-state index in [-0.39, 0.29) is 5.84 Å². The predicted octanol–water partition coefficient (Wildman–Crippen LogP) is 2.31. The van der Waals surface area contributed by atoms with Gasteiger partial charge in [0.2, 0.25) is 0 Å². The fourth-order valence-corrected chi connectivity index (χ4v) is 2.97. The molecule has 0 spiro atoms. The smallest absolute Gasteiger partial charge is 0.174 e. The van der Waals surface area contributed by atoms with Crippen LogP contribution < -0.4 is 10.5 Å². The number of hydrogen-bond donors (Lipinski definition) is 2. The quantitative estimate of drug-likeness (QED) is 0.277. The van der Waals surface area contributed by atoms with E-state index < -0.39 is 0 Å². The number of nitrogens with zero attached hydrogens (tertiary/aromatic N) is 1. The second kappa shape index (κ2) is 7.40. The topological polar surface area (TPSA) is 77.1 Å². The van der Waals surface area contributed by atoms with Gasteiger partial charge in [-0.05, 0) is 24.3 Å². The minimum atomic E-state index is 0.0826. The largest absolute Gasteiger partial charge is 0.492 e. The van der Waals surface area contributed by atoms with E-state index in [1.54, 1.807) is 11.8 Å². The molecule has 110 valence electrons. The Labute approximate surface area is 123 Å². The van der Waals surface area contributed by atoms with Crippen LogP contribution in [0.2, 0.25) is 0 Å². The van der Waals surface area contributed by atoms with Gasteiger partial charge in [-0.25, -0.2) is 0 Å². The van der Waals surface area contributed by atoms with Crippen LogP contribution in [-0.2, 0) is 4.74 Å². The fourth-order valence-electron chi connectivity index (χ4n) is 2.13. The molecule has 0 aliphatic carbocycles. The first-order chi connectivity index (χ1) is 9.76. The van der Waals surface area contributed by atoms with Gasteiger partial charge in [-0.3, -0.25) is 0 Å². The Morgan fingerprint density at radius 1 is 1.60 bits per heavy atom. The average molecular weight is 296 g/mol. The van der Waals surface area contributed by atoms with Gasteiger partial charge >= 0.3 is 0 Å². The van der Waals surface area contributed by atoms with E-state index in [0.29, 0.717) is 23.8 Å². The number of amidine groups is 1. The summed E-state index contributed by atoms with van der Waals surface area (Å²) in [6.45, 7) is 4.19. The van der Waals surface area contributed by atoms with Gasteiger partial charge in [-0.1, -0.05) is 18.1 Å². The maximum atomic E-state index is 8.96. The zero-order valence-corrected chi connectivity index (χ0v) is 12.4. The summed E-state index contributed by atoms with van der Waals surface area (Å²) in [6.07, 6.45) is 1.02. The first-order valence-electron chi connectivity index (χ1n) is 6.70. The number of benzene rings is 1.